The van der Waals surface area contributed by atoms with Crippen LogP contribution in [0, 0.1) is 18.8 Å². The molecule has 0 amide bonds. The monoisotopic (exact) mass is 496 g/mol. The highest BCUT2D eigenvalue weighted by atomic mass is 32.1. The first kappa shape index (κ1) is 24.5. The van der Waals surface area contributed by atoms with E-state index in [0.29, 0.717) is 0 Å². The molecular weight excluding hydrogens is 471 g/mol. The van der Waals surface area contributed by atoms with Crippen molar-refractivity contribution in [1.82, 2.24) is 0 Å². The zero-order chi connectivity index (χ0) is 24.7. The molecule has 0 bridgehead atoms. The van der Waals surface area contributed by atoms with Crippen molar-refractivity contribution in [3.8, 4) is 11.8 Å². The largest absolute Gasteiger partial charge is 0.462 e. The third-order valence-electron chi connectivity index (χ3n) is 5.60. The Bertz CT molecular complexity index is 1340. The standard InChI is InChI=1S/C30H25O3PS/c1-3-33-30(32)29(27(31)19-20-28-23(2)21-22-35-28)34(24-13-7-4-8-14-24,25-15-9-5-10-16-25)26-17-11-6-12-18-26/h4-18,21-22H,3H2,1-2H3. The van der Waals surface area contributed by atoms with E-state index in [9.17, 15) is 9.59 Å². The first-order valence-electron chi connectivity index (χ1n) is 11.3. The summed E-state index contributed by atoms with van der Waals surface area (Å²) < 4.78 is 5.52. The van der Waals surface area contributed by atoms with Gasteiger partial charge >= 0.3 is 5.97 Å². The highest BCUT2D eigenvalue weighted by Gasteiger charge is 2.37. The van der Waals surface area contributed by atoms with Crippen molar-refractivity contribution in [2.24, 2.45) is 0 Å². The number of ether oxygens (including phenoxy) is 1. The van der Waals surface area contributed by atoms with Gasteiger partial charge in [-0.2, -0.15) is 0 Å². The van der Waals surface area contributed by atoms with Crippen molar-refractivity contribution in [2.75, 3.05) is 6.61 Å². The van der Waals surface area contributed by atoms with E-state index in [1.54, 1.807) is 6.92 Å². The molecule has 0 N–H and O–H groups in total. The van der Waals surface area contributed by atoms with Crippen LogP contribution in [0.25, 0.3) is 0 Å². The van der Waals surface area contributed by atoms with Gasteiger partial charge in [0.1, 0.15) is 5.29 Å². The molecule has 35 heavy (non-hydrogen) atoms. The summed E-state index contributed by atoms with van der Waals surface area (Å²) in [4.78, 5) is 28.4. The summed E-state index contributed by atoms with van der Waals surface area (Å²) in [5.41, 5.74) is 1.00. The molecule has 0 aliphatic heterocycles. The fraction of sp³-hybridized carbons (Fsp3) is 0.100. The SMILES string of the molecule is CCOC(=O)C(C(=O)C#Cc1sccc1C)=P(c1ccccc1)(c1ccccc1)c1ccccc1. The number of hydrogen-bond acceptors (Lipinski definition) is 4. The van der Waals surface area contributed by atoms with Gasteiger partial charge in [-0.1, -0.05) is 91.0 Å². The molecule has 0 saturated heterocycles. The number of benzene rings is 3. The van der Waals surface area contributed by atoms with Gasteiger partial charge in [0.15, 0.2) is 0 Å². The second-order valence-corrected chi connectivity index (χ2v) is 12.0. The van der Waals surface area contributed by atoms with Crippen molar-refractivity contribution < 1.29 is 14.3 Å². The molecule has 0 saturated carbocycles. The summed E-state index contributed by atoms with van der Waals surface area (Å²) in [5.74, 6) is 4.66. The number of carbonyl (C=O) groups excluding carboxylic acids is 2. The summed E-state index contributed by atoms with van der Waals surface area (Å²) in [7, 11) is 0. The zero-order valence-corrected chi connectivity index (χ0v) is 21.3. The number of thiophene rings is 1. The van der Waals surface area contributed by atoms with Crippen molar-refractivity contribution in [3.05, 3.63) is 113 Å². The first-order chi connectivity index (χ1) is 17.1. The molecule has 0 aliphatic rings. The van der Waals surface area contributed by atoms with Gasteiger partial charge in [0.25, 0.3) is 0 Å². The summed E-state index contributed by atoms with van der Waals surface area (Å²) in [6.07, 6.45) is 0. The number of rotatable bonds is 6. The Morgan fingerprint density at radius 2 is 1.29 bits per heavy atom. The van der Waals surface area contributed by atoms with E-state index in [4.69, 9.17) is 4.74 Å². The van der Waals surface area contributed by atoms with Gasteiger partial charge in [-0.3, -0.25) is 4.79 Å². The van der Waals surface area contributed by atoms with Crippen LogP contribution >= 0.6 is 18.2 Å². The van der Waals surface area contributed by atoms with Crippen LogP contribution in [0.2, 0.25) is 0 Å². The predicted molar refractivity (Wildman–Crippen MR) is 148 cm³/mol. The van der Waals surface area contributed by atoms with Crippen molar-refractivity contribution >= 4 is 51.2 Å². The van der Waals surface area contributed by atoms with Crippen LogP contribution in [-0.4, -0.2) is 23.7 Å². The average molecular weight is 497 g/mol. The number of esters is 1. The molecule has 5 heteroatoms. The minimum atomic E-state index is -2.93. The normalized spacial score (nSPS) is 10.7. The molecule has 3 nitrogen and oxygen atoms in total. The van der Waals surface area contributed by atoms with Crippen LogP contribution in [0.5, 0.6) is 0 Å². The van der Waals surface area contributed by atoms with Gasteiger partial charge in [0, 0.05) is 0 Å². The third kappa shape index (κ3) is 4.93. The molecule has 3 aromatic carbocycles. The number of aryl methyl sites for hydroxylation is 1. The lowest BCUT2D eigenvalue weighted by Gasteiger charge is -2.30. The second-order valence-electron chi connectivity index (χ2n) is 7.76. The van der Waals surface area contributed by atoms with Crippen LogP contribution in [0.3, 0.4) is 0 Å². The molecule has 0 aliphatic carbocycles. The van der Waals surface area contributed by atoms with Crippen molar-refractivity contribution in [1.29, 1.82) is 0 Å². The van der Waals surface area contributed by atoms with E-state index in [1.165, 1.54) is 11.3 Å². The highest BCUT2D eigenvalue weighted by molar-refractivity contribution is 7.97. The summed E-state index contributed by atoms with van der Waals surface area (Å²) in [5, 5.41) is 4.70. The molecule has 1 aromatic heterocycles. The Hall–Kier alpha value is -3.64. The van der Waals surface area contributed by atoms with E-state index < -0.39 is 18.6 Å². The smallest absolute Gasteiger partial charge is 0.343 e. The third-order valence-corrected chi connectivity index (χ3v) is 10.8. The molecule has 4 aromatic rings. The topological polar surface area (TPSA) is 43.4 Å². The number of carbonyl (C=O) groups is 2. The molecular formula is C30H25O3PS. The van der Waals surface area contributed by atoms with Gasteiger partial charge in [0.2, 0.25) is 5.78 Å². The molecule has 0 atom stereocenters. The van der Waals surface area contributed by atoms with Crippen LogP contribution < -0.4 is 15.9 Å². The molecule has 0 unspecified atom stereocenters. The predicted octanol–water partition coefficient (Wildman–Crippen LogP) is 4.71. The molecule has 174 valence electrons. The van der Waals surface area contributed by atoms with Crippen molar-refractivity contribution in [3.63, 3.8) is 0 Å². The van der Waals surface area contributed by atoms with Gasteiger partial charge in [-0.05, 0) is 65.5 Å². The zero-order valence-electron chi connectivity index (χ0n) is 19.6. The lowest BCUT2D eigenvalue weighted by atomic mass is 10.2. The maximum Gasteiger partial charge on any atom is 0.343 e. The maximum atomic E-state index is 14.0. The van der Waals surface area contributed by atoms with Gasteiger partial charge in [0.05, 0.1) is 11.5 Å². The van der Waals surface area contributed by atoms with Crippen LogP contribution in [0.1, 0.15) is 17.4 Å². The minimum absolute atomic E-state index is 0.0876. The van der Waals surface area contributed by atoms with E-state index in [2.05, 4.69) is 11.8 Å². The van der Waals surface area contributed by atoms with E-state index in [1.807, 2.05) is 109 Å². The quantitative estimate of drug-likeness (QED) is 0.168. The number of hydrogen-bond donors (Lipinski definition) is 0. The Labute approximate surface area is 210 Å². The summed E-state index contributed by atoms with van der Waals surface area (Å²) in [6.45, 7) is 0.927. The molecule has 0 radical (unpaired) electrons. The summed E-state index contributed by atoms with van der Waals surface area (Å²) >= 11 is 1.48. The highest BCUT2D eigenvalue weighted by Crippen LogP contribution is 2.46. The van der Waals surface area contributed by atoms with Crippen LogP contribution in [0.15, 0.2) is 102 Å². The van der Waals surface area contributed by atoms with E-state index >= 15 is 0 Å². The van der Waals surface area contributed by atoms with E-state index in [-0.39, 0.29) is 11.9 Å². The summed E-state index contributed by atoms with van der Waals surface area (Å²) in [6, 6.07) is 31.3. The van der Waals surface area contributed by atoms with E-state index in [0.717, 1.165) is 26.4 Å². The molecule has 1 heterocycles. The molecule has 0 spiro atoms. The van der Waals surface area contributed by atoms with Crippen LogP contribution in [-0.2, 0) is 14.3 Å². The molecule has 4 rings (SSSR count). The van der Waals surface area contributed by atoms with Gasteiger partial charge < -0.3 is 4.74 Å². The minimum Gasteiger partial charge on any atom is -0.462 e. The Morgan fingerprint density at radius 1 is 0.800 bits per heavy atom. The fourth-order valence-corrected chi connectivity index (χ4v) is 9.04. The lowest BCUT2D eigenvalue weighted by molar-refractivity contribution is -0.135. The Balaban J connectivity index is 2.18. The van der Waals surface area contributed by atoms with Gasteiger partial charge in [-0.15, -0.1) is 11.3 Å². The Kier molecular flexibility index (Phi) is 7.83. The fourth-order valence-electron chi connectivity index (χ4n) is 4.04. The number of ketones is 1. The lowest BCUT2D eigenvalue weighted by Crippen LogP contribution is -2.38. The molecule has 0 fully saturated rings. The Morgan fingerprint density at radius 3 is 1.69 bits per heavy atom. The first-order valence-corrected chi connectivity index (χ1v) is 14.0. The number of Topliss-reactive ketones (excluding diaryl/α,β-unsaturated/α-hetero) is 1. The average Bonchev–Trinajstić information content (AvgIpc) is 3.32. The van der Waals surface area contributed by atoms with Gasteiger partial charge in [-0.25, -0.2) is 4.79 Å². The second kappa shape index (κ2) is 11.2. The maximum absolute atomic E-state index is 14.0. The van der Waals surface area contributed by atoms with Crippen LogP contribution in [0.4, 0.5) is 0 Å². The van der Waals surface area contributed by atoms with Crippen molar-refractivity contribution in [2.45, 2.75) is 13.8 Å².